The average Bonchev–Trinajstić information content (AvgIpc) is 3.35. The van der Waals surface area contributed by atoms with Crippen LogP contribution in [0.5, 0.6) is 11.6 Å². The van der Waals surface area contributed by atoms with Crippen LogP contribution in [0.25, 0.3) is 16.8 Å². The van der Waals surface area contributed by atoms with Crippen molar-refractivity contribution in [3.05, 3.63) is 76.2 Å². The molecule has 1 amide bonds. The number of benzene rings is 1. The smallest absolute Gasteiger partial charge is 0.266 e. The second-order valence-electron chi connectivity index (χ2n) is 10.3. The Kier molecular flexibility index (Phi) is 7.95. The van der Waals surface area contributed by atoms with Crippen molar-refractivity contribution in [1.29, 1.82) is 0 Å². The zero-order chi connectivity index (χ0) is 28.2. The van der Waals surface area contributed by atoms with E-state index in [2.05, 4.69) is 24.4 Å². The van der Waals surface area contributed by atoms with Crippen LogP contribution in [0.3, 0.4) is 0 Å². The van der Waals surface area contributed by atoms with Crippen molar-refractivity contribution in [3.8, 4) is 22.9 Å². The Bertz CT molecular complexity index is 1600. The largest absolute Gasteiger partial charge is 0.494 e. The number of methoxy groups -OCH3 is 1. The van der Waals surface area contributed by atoms with Crippen molar-refractivity contribution in [2.75, 3.05) is 13.7 Å². The maximum absolute atomic E-state index is 12.6. The van der Waals surface area contributed by atoms with Gasteiger partial charge in [-0.3, -0.25) is 9.59 Å². The fourth-order valence-corrected chi connectivity index (χ4v) is 4.90. The number of hydrazone groups is 1. The van der Waals surface area contributed by atoms with E-state index in [9.17, 15) is 9.59 Å². The molecule has 4 aromatic rings. The first-order chi connectivity index (χ1) is 19.4. The fourth-order valence-electron chi connectivity index (χ4n) is 4.90. The number of carbonyl (C=O) groups is 1. The Balaban J connectivity index is 1.22. The molecule has 10 heteroatoms. The molecule has 0 saturated carbocycles. The summed E-state index contributed by atoms with van der Waals surface area (Å²) < 4.78 is 14.7. The fraction of sp³-hybridized carbons (Fsp3) is 0.367. The summed E-state index contributed by atoms with van der Waals surface area (Å²) in [5.41, 5.74) is 7.65. The van der Waals surface area contributed by atoms with Crippen LogP contribution < -0.4 is 20.5 Å². The highest BCUT2D eigenvalue weighted by Crippen LogP contribution is 2.33. The van der Waals surface area contributed by atoms with Gasteiger partial charge in [0, 0.05) is 31.0 Å². The molecule has 1 atom stereocenters. The maximum Gasteiger partial charge on any atom is 0.266 e. The Labute approximate surface area is 232 Å². The van der Waals surface area contributed by atoms with E-state index in [0.717, 1.165) is 46.6 Å². The first-order valence-electron chi connectivity index (χ1n) is 13.6. The van der Waals surface area contributed by atoms with Crippen LogP contribution in [0.4, 0.5) is 0 Å². The Morgan fingerprint density at radius 2 is 1.82 bits per heavy atom. The van der Waals surface area contributed by atoms with E-state index in [1.54, 1.807) is 23.8 Å². The van der Waals surface area contributed by atoms with Crippen LogP contribution in [0.1, 0.15) is 57.2 Å². The van der Waals surface area contributed by atoms with Gasteiger partial charge in [-0.15, -0.1) is 0 Å². The number of ether oxygens (including phenoxy) is 2. The van der Waals surface area contributed by atoms with Gasteiger partial charge in [0.1, 0.15) is 5.75 Å². The number of nitrogens with zero attached hydrogens (tertiary/aromatic N) is 5. The molecule has 1 N–H and O–H groups in total. The molecular formula is C30H34N6O4. The van der Waals surface area contributed by atoms with Gasteiger partial charge in [-0.05, 0) is 60.7 Å². The van der Waals surface area contributed by atoms with Crippen LogP contribution in [0.2, 0.25) is 0 Å². The van der Waals surface area contributed by atoms with Crippen molar-refractivity contribution >= 4 is 17.1 Å². The third kappa shape index (κ3) is 5.61. The third-order valence-electron chi connectivity index (χ3n) is 6.97. The summed E-state index contributed by atoms with van der Waals surface area (Å²) in [7, 11) is 1.62. The SMILES string of the molecule is COc1cccc2c(-c3ccc(=O)n(CCCCOc4ccc(C5=NNC(=O)CC5C)cc4)n3)c(C(C)C)nn12. The van der Waals surface area contributed by atoms with Gasteiger partial charge < -0.3 is 9.47 Å². The molecule has 0 saturated heterocycles. The minimum absolute atomic E-state index is 0.0585. The van der Waals surface area contributed by atoms with Crippen LogP contribution in [0, 0.1) is 5.92 Å². The minimum atomic E-state index is -0.142. The van der Waals surface area contributed by atoms with Crippen molar-refractivity contribution in [2.45, 2.75) is 52.5 Å². The summed E-state index contributed by atoms with van der Waals surface area (Å²) in [5.74, 6) is 1.58. The molecule has 1 aromatic carbocycles. The number of amides is 1. The number of unbranched alkanes of at least 4 members (excludes halogenated alkanes) is 1. The summed E-state index contributed by atoms with van der Waals surface area (Å²) in [4.78, 5) is 24.1. The number of nitrogens with one attached hydrogen (secondary N) is 1. The van der Waals surface area contributed by atoms with Crippen molar-refractivity contribution < 1.29 is 14.3 Å². The molecule has 0 spiro atoms. The molecule has 0 radical (unpaired) electrons. The molecule has 0 aliphatic carbocycles. The summed E-state index contributed by atoms with van der Waals surface area (Å²) in [6, 6.07) is 16.8. The number of carbonyl (C=O) groups excluding carboxylic acids is 1. The molecular weight excluding hydrogens is 508 g/mol. The van der Waals surface area contributed by atoms with E-state index >= 15 is 0 Å². The van der Waals surface area contributed by atoms with Crippen LogP contribution >= 0.6 is 0 Å². The summed E-state index contributed by atoms with van der Waals surface area (Å²) in [6.45, 7) is 7.18. The molecule has 0 bridgehead atoms. The number of pyridine rings is 1. The zero-order valence-electron chi connectivity index (χ0n) is 23.3. The second-order valence-corrected chi connectivity index (χ2v) is 10.3. The average molecular weight is 543 g/mol. The van der Waals surface area contributed by atoms with E-state index in [1.807, 2.05) is 49.4 Å². The lowest BCUT2D eigenvalue weighted by atomic mass is 9.94. The Hall–Kier alpha value is -4.47. The topological polar surface area (TPSA) is 112 Å². The monoisotopic (exact) mass is 542 g/mol. The first kappa shape index (κ1) is 27.1. The zero-order valence-corrected chi connectivity index (χ0v) is 23.3. The lowest BCUT2D eigenvalue weighted by Crippen LogP contribution is -2.31. The van der Waals surface area contributed by atoms with Crippen LogP contribution in [-0.4, -0.2) is 44.7 Å². The highest BCUT2D eigenvalue weighted by molar-refractivity contribution is 6.05. The lowest BCUT2D eigenvalue weighted by molar-refractivity contribution is -0.121. The van der Waals surface area contributed by atoms with Gasteiger partial charge in [-0.2, -0.15) is 15.3 Å². The molecule has 1 aliphatic heterocycles. The highest BCUT2D eigenvalue weighted by atomic mass is 16.5. The number of aromatic nitrogens is 4. The first-order valence-corrected chi connectivity index (χ1v) is 13.6. The van der Waals surface area contributed by atoms with Gasteiger partial charge >= 0.3 is 0 Å². The van der Waals surface area contributed by atoms with Gasteiger partial charge in [0.15, 0.2) is 0 Å². The Morgan fingerprint density at radius 3 is 2.55 bits per heavy atom. The predicted molar refractivity (Wildman–Crippen MR) is 153 cm³/mol. The van der Waals surface area contributed by atoms with Crippen LogP contribution in [-0.2, 0) is 11.3 Å². The second kappa shape index (κ2) is 11.7. The van der Waals surface area contributed by atoms with E-state index in [4.69, 9.17) is 19.7 Å². The maximum atomic E-state index is 12.6. The van der Waals surface area contributed by atoms with E-state index in [0.29, 0.717) is 31.1 Å². The summed E-state index contributed by atoms with van der Waals surface area (Å²) in [5, 5.41) is 13.7. The standard InChI is InChI=1S/C30H34N6O4/c1-19(2)29-28(24-8-7-9-27(39-4)36(24)34-29)23-14-15-26(38)35(33-23)16-5-6-17-40-22-12-10-21(11-13-22)30-20(3)18-25(37)31-32-30/h7-15,19-20H,5-6,16-18H2,1-4H3,(H,31,37). The van der Waals surface area contributed by atoms with Crippen LogP contribution in [0.15, 0.2) is 64.5 Å². The highest BCUT2D eigenvalue weighted by Gasteiger charge is 2.22. The number of rotatable bonds is 10. The van der Waals surface area contributed by atoms with Gasteiger partial charge in [-0.1, -0.05) is 26.8 Å². The normalized spacial score (nSPS) is 15.3. The molecule has 3 aromatic heterocycles. The Morgan fingerprint density at radius 1 is 1.02 bits per heavy atom. The van der Waals surface area contributed by atoms with Crippen molar-refractivity contribution in [3.63, 3.8) is 0 Å². The molecule has 4 heterocycles. The van der Waals surface area contributed by atoms with Gasteiger partial charge in [0.2, 0.25) is 11.8 Å². The summed E-state index contributed by atoms with van der Waals surface area (Å²) >= 11 is 0. The van der Waals surface area contributed by atoms with Gasteiger partial charge in [0.05, 0.1) is 41.9 Å². The molecule has 1 aliphatic rings. The van der Waals surface area contributed by atoms with Gasteiger partial charge in [0.25, 0.3) is 5.56 Å². The molecule has 0 fully saturated rings. The van der Waals surface area contributed by atoms with Gasteiger partial charge in [-0.25, -0.2) is 14.6 Å². The predicted octanol–water partition coefficient (Wildman–Crippen LogP) is 4.41. The van der Waals surface area contributed by atoms with E-state index in [1.165, 1.54) is 4.68 Å². The third-order valence-corrected chi connectivity index (χ3v) is 6.97. The minimum Gasteiger partial charge on any atom is -0.494 e. The molecule has 10 nitrogen and oxygen atoms in total. The lowest BCUT2D eigenvalue weighted by Gasteiger charge is -2.19. The number of aryl methyl sites for hydroxylation is 1. The number of hydrogen-bond acceptors (Lipinski definition) is 7. The van der Waals surface area contributed by atoms with Crippen molar-refractivity contribution in [2.24, 2.45) is 11.0 Å². The summed E-state index contributed by atoms with van der Waals surface area (Å²) in [6.07, 6.45) is 1.94. The molecule has 40 heavy (non-hydrogen) atoms. The number of hydrogen-bond donors (Lipinski definition) is 1. The van der Waals surface area contributed by atoms with E-state index < -0.39 is 0 Å². The molecule has 1 unspecified atom stereocenters. The molecule has 208 valence electrons. The van der Waals surface area contributed by atoms with Crippen molar-refractivity contribution in [1.82, 2.24) is 24.8 Å². The van der Waals surface area contributed by atoms with E-state index in [-0.39, 0.29) is 23.3 Å². The quantitative estimate of drug-likeness (QED) is 0.297. The number of fused-ring (bicyclic) bond motifs is 1. The molecule has 5 rings (SSSR count).